The topological polar surface area (TPSA) is 55.4 Å². The Morgan fingerprint density at radius 2 is 2.05 bits per heavy atom. The minimum atomic E-state index is -3.12. The van der Waals surface area contributed by atoms with Gasteiger partial charge in [0.05, 0.1) is 17.3 Å². The van der Waals surface area contributed by atoms with Crippen LogP contribution in [0.25, 0.3) is 0 Å². The van der Waals surface area contributed by atoms with Gasteiger partial charge < -0.3 is 10.1 Å². The predicted octanol–water partition coefficient (Wildman–Crippen LogP) is 2.25. The average Bonchev–Trinajstić information content (AvgIpc) is 2.49. The quantitative estimate of drug-likeness (QED) is 0.875. The van der Waals surface area contributed by atoms with Gasteiger partial charge >= 0.3 is 0 Å². The highest BCUT2D eigenvalue weighted by Gasteiger charge is 2.13. The number of sulfone groups is 1. The largest absolute Gasteiger partial charge is 0.494 e. The Kier molecular flexibility index (Phi) is 5.43. The zero-order chi connectivity index (χ0) is 14.4. The van der Waals surface area contributed by atoms with Gasteiger partial charge in [0.25, 0.3) is 0 Å². The van der Waals surface area contributed by atoms with E-state index in [-0.39, 0.29) is 5.75 Å². The average molecular weight is 297 g/mol. The van der Waals surface area contributed by atoms with E-state index in [0.29, 0.717) is 17.4 Å². The normalized spacial score (nSPS) is 19.8. The van der Waals surface area contributed by atoms with Crippen molar-refractivity contribution in [2.75, 3.05) is 25.4 Å². The van der Waals surface area contributed by atoms with E-state index in [1.165, 1.54) is 12.8 Å². The Morgan fingerprint density at radius 1 is 1.30 bits per heavy atom. The molecule has 0 saturated carbocycles. The summed E-state index contributed by atoms with van der Waals surface area (Å²) in [6.07, 6.45) is 3.56. The van der Waals surface area contributed by atoms with Crippen LogP contribution in [0.5, 0.6) is 5.75 Å². The number of nitrogens with one attached hydrogen (secondary N) is 1. The molecule has 0 radical (unpaired) electrons. The van der Waals surface area contributed by atoms with E-state index in [4.69, 9.17) is 4.74 Å². The fraction of sp³-hybridized carbons (Fsp3) is 0.600. The summed E-state index contributed by atoms with van der Waals surface area (Å²) in [6, 6.07) is 6.72. The van der Waals surface area contributed by atoms with Crippen LogP contribution in [-0.2, 0) is 9.84 Å². The maximum absolute atomic E-state index is 11.7. The van der Waals surface area contributed by atoms with Gasteiger partial charge in [-0.2, -0.15) is 0 Å². The lowest BCUT2D eigenvalue weighted by Gasteiger charge is -2.22. The van der Waals surface area contributed by atoms with Crippen molar-refractivity contribution in [1.82, 2.24) is 5.32 Å². The molecule has 1 fully saturated rings. The summed E-state index contributed by atoms with van der Waals surface area (Å²) in [5.41, 5.74) is 0. The van der Waals surface area contributed by atoms with Gasteiger partial charge in [0, 0.05) is 0 Å². The highest BCUT2D eigenvalue weighted by atomic mass is 32.2. The van der Waals surface area contributed by atoms with E-state index < -0.39 is 9.84 Å². The van der Waals surface area contributed by atoms with Crippen molar-refractivity contribution in [1.29, 1.82) is 0 Å². The first-order valence-electron chi connectivity index (χ1n) is 7.28. The van der Waals surface area contributed by atoms with Crippen LogP contribution in [0, 0.1) is 5.92 Å². The Morgan fingerprint density at radius 3 is 2.65 bits per heavy atom. The van der Waals surface area contributed by atoms with Crippen molar-refractivity contribution in [2.45, 2.75) is 31.1 Å². The molecule has 1 unspecified atom stereocenters. The summed E-state index contributed by atoms with van der Waals surface area (Å²) >= 11 is 0. The molecule has 112 valence electrons. The number of hydrogen-bond donors (Lipinski definition) is 1. The number of hydrogen-bond acceptors (Lipinski definition) is 4. The second-order valence-corrected chi connectivity index (χ2v) is 7.50. The minimum absolute atomic E-state index is 0.127. The van der Waals surface area contributed by atoms with Crippen molar-refractivity contribution in [3.05, 3.63) is 24.3 Å². The number of piperidine rings is 1. The first-order valence-corrected chi connectivity index (χ1v) is 8.93. The standard InChI is InChI=1S/C15H23NO3S/c1-2-20(17,18)15-7-5-14(6-8-15)19-11-9-13-4-3-10-16-12-13/h5-8,13,16H,2-4,9-12H2,1H3. The molecule has 4 nitrogen and oxygen atoms in total. The molecule has 1 aromatic carbocycles. The molecule has 2 rings (SSSR count). The fourth-order valence-electron chi connectivity index (χ4n) is 2.42. The number of ether oxygens (including phenoxy) is 1. The van der Waals surface area contributed by atoms with E-state index in [1.54, 1.807) is 31.2 Å². The maximum Gasteiger partial charge on any atom is 0.178 e. The Hall–Kier alpha value is -1.07. The highest BCUT2D eigenvalue weighted by molar-refractivity contribution is 7.91. The van der Waals surface area contributed by atoms with Gasteiger partial charge in [0.15, 0.2) is 9.84 Å². The fourth-order valence-corrected chi connectivity index (χ4v) is 3.31. The minimum Gasteiger partial charge on any atom is -0.494 e. The van der Waals surface area contributed by atoms with Crippen LogP contribution in [0.15, 0.2) is 29.2 Å². The number of benzene rings is 1. The zero-order valence-corrected chi connectivity index (χ0v) is 12.8. The van der Waals surface area contributed by atoms with Crippen molar-refractivity contribution < 1.29 is 13.2 Å². The molecule has 1 heterocycles. The van der Waals surface area contributed by atoms with E-state index in [9.17, 15) is 8.42 Å². The molecule has 1 aliphatic rings. The molecule has 0 amide bonds. The molecule has 0 aliphatic carbocycles. The van der Waals surface area contributed by atoms with Crippen LogP contribution in [0.1, 0.15) is 26.2 Å². The maximum atomic E-state index is 11.7. The SMILES string of the molecule is CCS(=O)(=O)c1ccc(OCCC2CCCNC2)cc1. The smallest absolute Gasteiger partial charge is 0.178 e. The molecular weight excluding hydrogens is 274 g/mol. The van der Waals surface area contributed by atoms with Crippen LogP contribution in [0.4, 0.5) is 0 Å². The van der Waals surface area contributed by atoms with Crippen LogP contribution >= 0.6 is 0 Å². The van der Waals surface area contributed by atoms with Gasteiger partial charge in [-0.3, -0.25) is 0 Å². The van der Waals surface area contributed by atoms with Crippen LogP contribution in [-0.4, -0.2) is 33.9 Å². The van der Waals surface area contributed by atoms with Gasteiger partial charge in [-0.1, -0.05) is 6.92 Å². The monoisotopic (exact) mass is 297 g/mol. The van der Waals surface area contributed by atoms with Crippen molar-refractivity contribution in [2.24, 2.45) is 5.92 Å². The summed E-state index contributed by atoms with van der Waals surface area (Å²) in [5, 5.41) is 3.39. The molecule has 1 atom stereocenters. The molecule has 0 bridgehead atoms. The van der Waals surface area contributed by atoms with Crippen molar-refractivity contribution in [3.8, 4) is 5.75 Å². The van der Waals surface area contributed by atoms with Crippen LogP contribution < -0.4 is 10.1 Å². The van der Waals surface area contributed by atoms with Gasteiger partial charge in [0.1, 0.15) is 5.75 Å². The van der Waals surface area contributed by atoms with Gasteiger partial charge in [-0.05, 0) is 62.5 Å². The van der Waals surface area contributed by atoms with Crippen LogP contribution in [0.3, 0.4) is 0 Å². The van der Waals surface area contributed by atoms with Gasteiger partial charge in [-0.15, -0.1) is 0 Å². The van der Waals surface area contributed by atoms with E-state index >= 15 is 0 Å². The lowest BCUT2D eigenvalue weighted by Crippen LogP contribution is -2.30. The zero-order valence-electron chi connectivity index (χ0n) is 12.0. The summed E-state index contributed by atoms with van der Waals surface area (Å²) in [6.45, 7) is 4.55. The molecule has 1 N–H and O–H groups in total. The third-order valence-corrected chi connectivity index (χ3v) is 5.51. The summed E-state index contributed by atoms with van der Waals surface area (Å²) in [5.74, 6) is 1.56. The molecular formula is C15H23NO3S. The lowest BCUT2D eigenvalue weighted by atomic mass is 9.97. The Bertz CT molecular complexity index is 504. The Balaban J connectivity index is 1.82. The molecule has 1 aromatic rings. The predicted molar refractivity (Wildman–Crippen MR) is 79.9 cm³/mol. The van der Waals surface area contributed by atoms with Crippen LogP contribution in [0.2, 0.25) is 0 Å². The van der Waals surface area contributed by atoms with Gasteiger partial charge in [0.2, 0.25) is 0 Å². The third kappa shape index (κ3) is 4.21. The third-order valence-electron chi connectivity index (χ3n) is 3.76. The lowest BCUT2D eigenvalue weighted by molar-refractivity contribution is 0.254. The number of rotatable bonds is 6. The summed E-state index contributed by atoms with van der Waals surface area (Å²) in [7, 11) is -3.12. The molecule has 1 saturated heterocycles. The first kappa shape index (κ1) is 15.3. The Labute approximate surface area is 121 Å². The molecule has 5 heteroatoms. The molecule has 0 spiro atoms. The molecule has 20 heavy (non-hydrogen) atoms. The van der Waals surface area contributed by atoms with Crippen molar-refractivity contribution >= 4 is 9.84 Å². The molecule has 1 aliphatic heterocycles. The van der Waals surface area contributed by atoms with Crippen molar-refractivity contribution in [3.63, 3.8) is 0 Å². The van der Waals surface area contributed by atoms with E-state index in [0.717, 1.165) is 25.3 Å². The van der Waals surface area contributed by atoms with E-state index in [1.807, 2.05) is 0 Å². The molecule has 0 aromatic heterocycles. The van der Waals surface area contributed by atoms with Gasteiger partial charge in [-0.25, -0.2) is 8.42 Å². The van der Waals surface area contributed by atoms with E-state index in [2.05, 4.69) is 5.32 Å². The summed E-state index contributed by atoms with van der Waals surface area (Å²) in [4.78, 5) is 0.365. The highest BCUT2D eigenvalue weighted by Crippen LogP contribution is 2.19. The first-order chi connectivity index (χ1) is 9.62. The second kappa shape index (κ2) is 7.09. The second-order valence-electron chi connectivity index (χ2n) is 5.22. The summed E-state index contributed by atoms with van der Waals surface area (Å²) < 4.78 is 29.1.